The summed E-state index contributed by atoms with van der Waals surface area (Å²) in [6.45, 7) is 2.18. The molecule has 0 fully saturated rings. The number of hydrogen-bond acceptors (Lipinski definition) is 5. The van der Waals surface area contributed by atoms with Crippen LogP contribution in [0.3, 0.4) is 0 Å². The maximum Gasteiger partial charge on any atom is 0.259 e. The van der Waals surface area contributed by atoms with Gasteiger partial charge in [0.1, 0.15) is 11.5 Å². The number of ether oxygens (including phenoxy) is 2. The number of rotatable bonds is 8. The summed E-state index contributed by atoms with van der Waals surface area (Å²) in [7, 11) is 1.56. The first-order valence-corrected chi connectivity index (χ1v) is 11.3. The molecule has 0 atom stereocenters. The van der Waals surface area contributed by atoms with Crippen molar-refractivity contribution in [3.05, 3.63) is 88.1 Å². The minimum Gasteiger partial charge on any atom is -0.495 e. The van der Waals surface area contributed by atoms with E-state index < -0.39 is 0 Å². The van der Waals surface area contributed by atoms with E-state index in [-0.39, 0.29) is 18.4 Å². The van der Waals surface area contributed by atoms with Crippen LogP contribution in [-0.2, 0) is 11.3 Å². The summed E-state index contributed by atoms with van der Waals surface area (Å²) < 4.78 is 11.2. The normalized spacial score (nSPS) is 10.6. The Hall–Kier alpha value is -3.84. The Morgan fingerprint density at radius 3 is 2.45 bits per heavy atom. The summed E-state index contributed by atoms with van der Waals surface area (Å²) in [4.78, 5) is 26.6. The zero-order valence-electron chi connectivity index (χ0n) is 18.4. The van der Waals surface area contributed by atoms with Crippen LogP contribution < -0.4 is 20.1 Å². The number of carbonyl (C=O) groups is 2. The second-order valence-electron chi connectivity index (χ2n) is 7.50. The standard InChI is InChI=1S/C26H24N2O4S/c1-17-9-10-23(31-2)22(12-17)28-26(30)21-13-18-6-3-4-7-19(18)14-24(21)32-16-25(29)27-15-20-8-5-11-33-20/h3-14H,15-16H2,1-2H3,(H,27,29)(H,28,30). The molecule has 2 N–H and O–H groups in total. The first-order valence-electron chi connectivity index (χ1n) is 10.4. The second kappa shape index (κ2) is 10.2. The van der Waals surface area contributed by atoms with Crippen molar-refractivity contribution in [2.45, 2.75) is 13.5 Å². The molecule has 7 heteroatoms. The molecule has 168 valence electrons. The summed E-state index contributed by atoms with van der Waals surface area (Å²) in [6.07, 6.45) is 0. The van der Waals surface area contributed by atoms with Gasteiger partial charge < -0.3 is 20.1 Å². The molecule has 0 saturated heterocycles. The quantitative estimate of drug-likeness (QED) is 0.381. The van der Waals surface area contributed by atoms with Crippen LogP contribution in [0.4, 0.5) is 5.69 Å². The minimum absolute atomic E-state index is 0.197. The minimum atomic E-state index is -0.348. The molecule has 3 aromatic carbocycles. The van der Waals surface area contributed by atoms with Crippen LogP contribution >= 0.6 is 11.3 Å². The van der Waals surface area contributed by atoms with Crippen LogP contribution in [0.1, 0.15) is 20.8 Å². The van der Waals surface area contributed by atoms with Crippen molar-refractivity contribution in [1.29, 1.82) is 0 Å². The van der Waals surface area contributed by atoms with Crippen LogP contribution in [0, 0.1) is 6.92 Å². The average Bonchev–Trinajstić information content (AvgIpc) is 3.34. The maximum atomic E-state index is 13.2. The number of hydrogen-bond donors (Lipinski definition) is 2. The first kappa shape index (κ1) is 22.4. The van der Waals surface area contributed by atoms with E-state index in [0.29, 0.717) is 29.3 Å². The van der Waals surface area contributed by atoms with Gasteiger partial charge in [-0.05, 0) is 59.0 Å². The van der Waals surface area contributed by atoms with E-state index in [0.717, 1.165) is 21.2 Å². The van der Waals surface area contributed by atoms with Gasteiger partial charge in [-0.25, -0.2) is 0 Å². The number of anilines is 1. The van der Waals surface area contributed by atoms with E-state index in [2.05, 4.69) is 10.6 Å². The summed E-state index contributed by atoms with van der Waals surface area (Å²) in [5.41, 5.74) is 1.89. The molecule has 6 nitrogen and oxygen atoms in total. The highest BCUT2D eigenvalue weighted by Crippen LogP contribution is 2.30. The highest BCUT2D eigenvalue weighted by Gasteiger charge is 2.17. The highest BCUT2D eigenvalue weighted by atomic mass is 32.1. The zero-order valence-corrected chi connectivity index (χ0v) is 19.2. The molecule has 0 aliphatic rings. The largest absolute Gasteiger partial charge is 0.495 e. The van der Waals surface area contributed by atoms with Gasteiger partial charge in [0.2, 0.25) is 0 Å². The molecular weight excluding hydrogens is 436 g/mol. The van der Waals surface area contributed by atoms with Gasteiger partial charge in [0.05, 0.1) is 24.9 Å². The fraction of sp³-hybridized carbons (Fsp3) is 0.154. The van der Waals surface area contributed by atoms with Gasteiger partial charge in [-0.1, -0.05) is 36.4 Å². The second-order valence-corrected chi connectivity index (χ2v) is 8.53. The molecule has 0 bridgehead atoms. The van der Waals surface area contributed by atoms with Gasteiger partial charge in [-0.2, -0.15) is 0 Å². The SMILES string of the molecule is COc1ccc(C)cc1NC(=O)c1cc2ccccc2cc1OCC(=O)NCc1cccs1. The number of thiophene rings is 1. The third-order valence-corrected chi connectivity index (χ3v) is 5.97. The number of carbonyl (C=O) groups excluding carboxylic acids is 2. The fourth-order valence-corrected chi connectivity index (χ4v) is 4.06. The third-order valence-electron chi connectivity index (χ3n) is 5.09. The lowest BCUT2D eigenvalue weighted by atomic mass is 10.0. The molecule has 4 rings (SSSR count). The van der Waals surface area contributed by atoms with E-state index in [4.69, 9.17) is 9.47 Å². The molecule has 0 spiro atoms. The number of nitrogens with one attached hydrogen (secondary N) is 2. The van der Waals surface area contributed by atoms with Crippen molar-refractivity contribution in [3.63, 3.8) is 0 Å². The first-order chi connectivity index (χ1) is 16.0. The van der Waals surface area contributed by atoms with E-state index in [1.807, 2.05) is 60.8 Å². The number of fused-ring (bicyclic) bond motifs is 1. The number of aryl methyl sites for hydroxylation is 1. The molecule has 0 unspecified atom stereocenters. The predicted molar refractivity (Wildman–Crippen MR) is 131 cm³/mol. The third kappa shape index (κ3) is 5.51. The molecule has 0 aliphatic heterocycles. The number of methoxy groups -OCH3 is 1. The smallest absolute Gasteiger partial charge is 0.259 e. The van der Waals surface area contributed by atoms with Crippen LogP contribution in [0.15, 0.2) is 72.1 Å². The molecular formula is C26H24N2O4S. The van der Waals surface area contributed by atoms with Crippen molar-refractivity contribution >= 4 is 39.6 Å². The topological polar surface area (TPSA) is 76.7 Å². The molecule has 2 amide bonds. The van der Waals surface area contributed by atoms with Crippen molar-refractivity contribution in [2.75, 3.05) is 19.0 Å². The maximum absolute atomic E-state index is 13.2. The molecule has 1 heterocycles. The average molecular weight is 461 g/mol. The Morgan fingerprint density at radius 1 is 0.939 bits per heavy atom. The summed E-state index contributed by atoms with van der Waals surface area (Å²) >= 11 is 1.57. The van der Waals surface area contributed by atoms with Crippen LogP contribution in [0.25, 0.3) is 10.8 Å². The Kier molecular flexibility index (Phi) is 6.90. The fourth-order valence-electron chi connectivity index (χ4n) is 3.42. The molecule has 0 radical (unpaired) electrons. The van der Waals surface area contributed by atoms with Gasteiger partial charge in [0.25, 0.3) is 11.8 Å². The van der Waals surface area contributed by atoms with Crippen LogP contribution in [-0.4, -0.2) is 25.5 Å². The molecule has 4 aromatic rings. The van der Waals surface area contributed by atoms with Crippen molar-refractivity contribution in [3.8, 4) is 11.5 Å². The lowest BCUT2D eigenvalue weighted by Crippen LogP contribution is -2.28. The highest BCUT2D eigenvalue weighted by molar-refractivity contribution is 7.09. The molecule has 0 saturated carbocycles. The van der Waals surface area contributed by atoms with Gasteiger partial charge in [-0.15, -0.1) is 11.3 Å². The van der Waals surface area contributed by atoms with Crippen LogP contribution in [0.5, 0.6) is 11.5 Å². The van der Waals surface area contributed by atoms with E-state index in [1.54, 1.807) is 36.6 Å². The molecule has 33 heavy (non-hydrogen) atoms. The zero-order chi connectivity index (χ0) is 23.2. The monoisotopic (exact) mass is 460 g/mol. The van der Waals surface area contributed by atoms with Crippen molar-refractivity contribution < 1.29 is 19.1 Å². The molecule has 1 aromatic heterocycles. The summed E-state index contributed by atoms with van der Waals surface area (Å²) in [5, 5.41) is 9.51. The summed E-state index contributed by atoms with van der Waals surface area (Å²) in [5.74, 6) is 0.288. The Bertz CT molecular complexity index is 1280. The number of amides is 2. The van der Waals surface area contributed by atoms with Crippen molar-refractivity contribution in [2.24, 2.45) is 0 Å². The Labute approximate surface area is 196 Å². The molecule has 0 aliphatic carbocycles. The lowest BCUT2D eigenvalue weighted by molar-refractivity contribution is -0.123. The lowest BCUT2D eigenvalue weighted by Gasteiger charge is -2.15. The Morgan fingerprint density at radius 2 is 1.73 bits per heavy atom. The van der Waals surface area contributed by atoms with Gasteiger partial charge in [0, 0.05) is 4.88 Å². The van der Waals surface area contributed by atoms with E-state index in [9.17, 15) is 9.59 Å². The van der Waals surface area contributed by atoms with E-state index >= 15 is 0 Å². The Balaban J connectivity index is 1.56. The van der Waals surface area contributed by atoms with Crippen molar-refractivity contribution in [1.82, 2.24) is 5.32 Å². The number of benzene rings is 3. The predicted octanol–water partition coefficient (Wildman–Crippen LogP) is 5.17. The van der Waals surface area contributed by atoms with E-state index in [1.165, 1.54) is 0 Å². The van der Waals surface area contributed by atoms with Gasteiger partial charge >= 0.3 is 0 Å². The van der Waals surface area contributed by atoms with Gasteiger partial charge in [-0.3, -0.25) is 9.59 Å². The van der Waals surface area contributed by atoms with Crippen LogP contribution in [0.2, 0.25) is 0 Å². The summed E-state index contributed by atoms with van der Waals surface area (Å²) in [6, 6.07) is 20.7. The van der Waals surface area contributed by atoms with Gasteiger partial charge in [0.15, 0.2) is 6.61 Å².